The molecule has 1 aliphatic rings. The molecule has 0 bridgehead atoms. The largest absolute Gasteiger partial charge is 0.463 e. The van der Waals surface area contributed by atoms with Gasteiger partial charge in [0.15, 0.2) is 11.5 Å². The summed E-state index contributed by atoms with van der Waals surface area (Å²) in [5, 5.41) is 9.82. The van der Waals surface area contributed by atoms with Crippen LogP contribution in [0.3, 0.4) is 0 Å². The number of nitrogens with zero attached hydrogens (tertiary/aromatic N) is 1. The minimum absolute atomic E-state index is 0.278. The van der Waals surface area contributed by atoms with Crippen LogP contribution in [0, 0.1) is 5.82 Å². The van der Waals surface area contributed by atoms with Crippen LogP contribution < -0.4 is 5.32 Å². The summed E-state index contributed by atoms with van der Waals surface area (Å²) in [4.78, 5) is 12.6. The van der Waals surface area contributed by atoms with Crippen molar-refractivity contribution in [2.24, 2.45) is 0 Å². The summed E-state index contributed by atoms with van der Waals surface area (Å²) in [5.41, 5.74) is 1.44. The third-order valence-corrected chi connectivity index (χ3v) is 5.07. The minimum Gasteiger partial charge on any atom is -0.463 e. The Morgan fingerprint density at radius 1 is 1.22 bits per heavy atom. The van der Waals surface area contributed by atoms with Crippen molar-refractivity contribution in [1.82, 2.24) is 15.5 Å². The smallest absolute Gasteiger partial charge is 0.271 e. The first-order chi connectivity index (χ1) is 13.2. The Kier molecular flexibility index (Phi) is 4.77. The van der Waals surface area contributed by atoms with Crippen LogP contribution in [-0.2, 0) is 10.2 Å². The highest BCUT2D eigenvalue weighted by Gasteiger charge is 2.35. The molecule has 2 aromatic heterocycles. The van der Waals surface area contributed by atoms with Gasteiger partial charge in [0.1, 0.15) is 11.5 Å². The van der Waals surface area contributed by atoms with E-state index in [0.717, 1.165) is 18.4 Å². The molecule has 0 saturated carbocycles. The fourth-order valence-electron chi connectivity index (χ4n) is 3.48. The standard InChI is InChI=1S/C20H20FN3O3/c21-15-4-1-3-14(11-15)20(6-9-26-10-7-20)13-22-19(25)17-12-16(23-24-17)18-5-2-8-27-18/h1-5,8,11-12H,6-7,9-10,13H2,(H,22,25)(H,23,24). The molecule has 1 aromatic carbocycles. The third-order valence-electron chi connectivity index (χ3n) is 5.07. The van der Waals surface area contributed by atoms with Crippen LogP contribution in [0.25, 0.3) is 11.5 Å². The number of nitrogens with one attached hydrogen (secondary N) is 2. The summed E-state index contributed by atoms with van der Waals surface area (Å²) < 4.78 is 24.5. The molecule has 6 nitrogen and oxygen atoms in total. The van der Waals surface area contributed by atoms with Crippen molar-refractivity contribution in [2.45, 2.75) is 18.3 Å². The number of aromatic amines is 1. The highest BCUT2D eigenvalue weighted by molar-refractivity contribution is 5.93. The fourth-order valence-corrected chi connectivity index (χ4v) is 3.48. The van der Waals surface area contributed by atoms with Crippen molar-refractivity contribution in [3.8, 4) is 11.5 Å². The molecule has 27 heavy (non-hydrogen) atoms. The highest BCUT2D eigenvalue weighted by atomic mass is 19.1. The monoisotopic (exact) mass is 369 g/mol. The van der Waals surface area contributed by atoms with Gasteiger partial charge in [-0.25, -0.2) is 4.39 Å². The van der Waals surface area contributed by atoms with Crippen LogP contribution in [-0.4, -0.2) is 35.9 Å². The Morgan fingerprint density at radius 3 is 2.81 bits per heavy atom. The van der Waals surface area contributed by atoms with Gasteiger partial charge >= 0.3 is 0 Å². The number of hydrogen-bond acceptors (Lipinski definition) is 4. The minimum atomic E-state index is -0.351. The van der Waals surface area contributed by atoms with Gasteiger partial charge in [0, 0.05) is 31.2 Å². The van der Waals surface area contributed by atoms with E-state index in [9.17, 15) is 9.18 Å². The van der Waals surface area contributed by atoms with Gasteiger partial charge in [-0.3, -0.25) is 9.89 Å². The number of carbonyl (C=O) groups excluding carboxylic acids is 1. The predicted molar refractivity (Wildman–Crippen MR) is 96.8 cm³/mol. The number of benzene rings is 1. The lowest BCUT2D eigenvalue weighted by atomic mass is 9.74. The molecule has 3 heterocycles. The molecule has 0 aliphatic carbocycles. The number of halogens is 1. The van der Waals surface area contributed by atoms with Crippen LogP contribution in [0.2, 0.25) is 0 Å². The zero-order chi connectivity index (χ0) is 18.7. The van der Waals surface area contributed by atoms with Crippen LogP contribution in [0.15, 0.2) is 53.1 Å². The van der Waals surface area contributed by atoms with E-state index in [1.807, 2.05) is 6.07 Å². The number of carbonyl (C=O) groups is 1. The third kappa shape index (κ3) is 3.64. The highest BCUT2D eigenvalue weighted by Crippen LogP contribution is 2.34. The summed E-state index contributed by atoms with van der Waals surface area (Å²) in [5.74, 6) is 0.0496. The zero-order valence-electron chi connectivity index (χ0n) is 14.7. The molecular weight excluding hydrogens is 349 g/mol. The first-order valence-electron chi connectivity index (χ1n) is 8.88. The second-order valence-corrected chi connectivity index (χ2v) is 6.73. The number of ether oxygens (including phenoxy) is 1. The maximum absolute atomic E-state index is 13.8. The molecule has 1 amide bonds. The van der Waals surface area contributed by atoms with Gasteiger partial charge in [-0.2, -0.15) is 5.10 Å². The molecule has 0 atom stereocenters. The van der Waals surface area contributed by atoms with Gasteiger partial charge in [-0.1, -0.05) is 12.1 Å². The lowest BCUT2D eigenvalue weighted by molar-refractivity contribution is 0.0486. The lowest BCUT2D eigenvalue weighted by Crippen LogP contribution is -2.44. The number of hydrogen-bond donors (Lipinski definition) is 2. The van der Waals surface area contributed by atoms with E-state index in [1.165, 1.54) is 6.07 Å². The van der Waals surface area contributed by atoms with Crippen molar-refractivity contribution in [2.75, 3.05) is 19.8 Å². The summed E-state index contributed by atoms with van der Waals surface area (Å²) in [6, 6.07) is 11.8. The molecular formula is C20H20FN3O3. The molecule has 0 radical (unpaired) electrons. The van der Waals surface area contributed by atoms with Crippen molar-refractivity contribution >= 4 is 5.91 Å². The van der Waals surface area contributed by atoms with Gasteiger partial charge in [0.05, 0.1) is 6.26 Å². The summed E-state index contributed by atoms with van der Waals surface area (Å²) >= 11 is 0. The molecule has 3 aromatic rings. The zero-order valence-corrected chi connectivity index (χ0v) is 14.7. The summed E-state index contributed by atoms with van der Waals surface area (Å²) in [6.07, 6.45) is 2.99. The molecule has 0 unspecified atom stereocenters. The second-order valence-electron chi connectivity index (χ2n) is 6.73. The molecule has 0 spiro atoms. The van der Waals surface area contributed by atoms with E-state index in [-0.39, 0.29) is 22.8 Å². The van der Waals surface area contributed by atoms with Gasteiger partial charge in [-0.05, 0) is 42.7 Å². The molecule has 1 aliphatic heterocycles. The Hall–Kier alpha value is -2.93. The Labute approximate surface area is 155 Å². The van der Waals surface area contributed by atoms with Gasteiger partial charge in [-0.15, -0.1) is 0 Å². The van der Waals surface area contributed by atoms with E-state index in [4.69, 9.17) is 9.15 Å². The normalized spacial score (nSPS) is 16.2. The Morgan fingerprint density at radius 2 is 2.07 bits per heavy atom. The molecule has 7 heteroatoms. The SMILES string of the molecule is O=C(NCC1(c2cccc(F)c2)CCOCC1)c1cc(-c2ccco2)[nH]n1. The van der Waals surface area contributed by atoms with Crippen LogP contribution in [0.4, 0.5) is 4.39 Å². The van der Waals surface area contributed by atoms with E-state index >= 15 is 0 Å². The molecule has 140 valence electrons. The fraction of sp³-hybridized carbons (Fsp3) is 0.300. The van der Waals surface area contributed by atoms with Crippen molar-refractivity contribution in [1.29, 1.82) is 0 Å². The van der Waals surface area contributed by atoms with Crippen molar-refractivity contribution in [3.63, 3.8) is 0 Å². The van der Waals surface area contributed by atoms with Crippen LogP contribution >= 0.6 is 0 Å². The predicted octanol–water partition coefficient (Wildman–Crippen LogP) is 3.29. The maximum atomic E-state index is 13.8. The number of furan rings is 1. The van der Waals surface area contributed by atoms with E-state index < -0.39 is 0 Å². The van der Waals surface area contributed by atoms with E-state index in [1.54, 1.807) is 36.6 Å². The molecule has 1 fully saturated rings. The van der Waals surface area contributed by atoms with Gasteiger partial charge in [0.25, 0.3) is 5.91 Å². The number of rotatable bonds is 5. The maximum Gasteiger partial charge on any atom is 0.271 e. The average molecular weight is 369 g/mol. The summed E-state index contributed by atoms with van der Waals surface area (Å²) in [7, 11) is 0. The number of aromatic nitrogens is 2. The van der Waals surface area contributed by atoms with Gasteiger partial charge in [0.2, 0.25) is 0 Å². The Balaban J connectivity index is 1.50. The van der Waals surface area contributed by atoms with Crippen molar-refractivity contribution < 1.29 is 18.3 Å². The van der Waals surface area contributed by atoms with E-state index in [2.05, 4.69) is 15.5 Å². The van der Waals surface area contributed by atoms with Crippen LogP contribution in [0.1, 0.15) is 28.9 Å². The lowest BCUT2D eigenvalue weighted by Gasteiger charge is -2.37. The van der Waals surface area contributed by atoms with E-state index in [0.29, 0.717) is 31.2 Å². The second kappa shape index (κ2) is 7.36. The summed E-state index contributed by atoms with van der Waals surface area (Å²) in [6.45, 7) is 1.55. The quantitative estimate of drug-likeness (QED) is 0.723. The van der Waals surface area contributed by atoms with Gasteiger partial charge < -0.3 is 14.5 Å². The topological polar surface area (TPSA) is 80.1 Å². The number of H-pyrrole nitrogens is 1. The van der Waals surface area contributed by atoms with Crippen molar-refractivity contribution in [3.05, 3.63) is 65.8 Å². The first-order valence-corrected chi connectivity index (χ1v) is 8.88. The molecule has 1 saturated heterocycles. The first kappa shape index (κ1) is 17.5. The Bertz CT molecular complexity index is 914. The van der Waals surface area contributed by atoms with Crippen LogP contribution in [0.5, 0.6) is 0 Å². The number of amides is 1. The average Bonchev–Trinajstić information content (AvgIpc) is 3.38. The molecule has 2 N–H and O–H groups in total. The molecule has 4 rings (SSSR count).